The molecule has 0 aliphatic heterocycles. The second kappa shape index (κ2) is 5.95. The fraction of sp³-hybridized carbons (Fsp3) is 0. The normalized spacial score (nSPS) is 10.9. The van der Waals surface area contributed by atoms with E-state index in [1.54, 1.807) is 30.3 Å². The van der Waals surface area contributed by atoms with Crippen LogP contribution in [0.5, 0.6) is 0 Å². The van der Waals surface area contributed by atoms with E-state index in [0.29, 0.717) is 33.2 Å². The Labute approximate surface area is 143 Å². The van der Waals surface area contributed by atoms with Gasteiger partial charge < -0.3 is 4.42 Å². The fourth-order valence-corrected chi connectivity index (χ4v) is 2.83. The van der Waals surface area contributed by atoms with Gasteiger partial charge in [-0.15, -0.1) is 0 Å². The minimum atomic E-state index is -0.115. The topological polar surface area (TPSA) is 43.1 Å². The highest BCUT2D eigenvalue weighted by Gasteiger charge is 2.18. The Morgan fingerprint density at radius 2 is 1.71 bits per heavy atom. The lowest BCUT2D eigenvalue weighted by atomic mass is 9.98. The summed E-state index contributed by atoms with van der Waals surface area (Å²) in [6.45, 7) is 0. The molecule has 4 rings (SSSR count). The van der Waals surface area contributed by atoms with E-state index in [1.807, 2.05) is 42.5 Å². The number of hydrogen-bond acceptors (Lipinski definition) is 3. The van der Waals surface area contributed by atoms with Gasteiger partial charge in [-0.3, -0.25) is 4.79 Å². The van der Waals surface area contributed by atoms with Crippen molar-refractivity contribution in [1.29, 1.82) is 0 Å². The van der Waals surface area contributed by atoms with Gasteiger partial charge in [0.1, 0.15) is 5.52 Å². The standard InChI is InChI=1S/C20H12ClNO2/c21-14-7-5-6-13(12-14)19(23)15-8-1-2-9-16(15)20-22-17-10-3-4-11-18(17)24-20/h1-12H. The lowest BCUT2D eigenvalue weighted by Gasteiger charge is -2.06. The van der Waals surface area contributed by atoms with Crippen molar-refractivity contribution in [3.63, 3.8) is 0 Å². The molecule has 0 saturated heterocycles. The molecule has 1 heterocycles. The Bertz CT molecular complexity index is 1020. The third-order valence-electron chi connectivity index (χ3n) is 3.78. The summed E-state index contributed by atoms with van der Waals surface area (Å²) in [5.41, 5.74) is 3.19. The fourth-order valence-electron chi connectivity index (χ4n) is 2.64. The van der Waals surface area contributed by atoms with E-state index in [0.717, 1.165) is 5.52 Å². The van der Waals surface area contributed by atoms with Crippen LogP contribution in [-0.4, -0.2) is 10.8 Å². The number of carbonyl (C=O) groups excluding carboxylic acids is 1. The summed E-state index contributed by atoms with van der Waals surface area (Å²) in [7, 11) is 0. The molecule has 1 aromatic heterocycles. The summed E-state index contributed by atoms with van der Waals surface area (Å²) in [5.74, 6) is 0.317. The van der Waals surface area contributed by atoms with Crippen LogP contribution < -0.4 is 0 Å². The van der Waals surface area contributed by atoms with Gasteiger partial charge in [0.25, 0.3) is 0 Å². The maximum atomic E-state index is 12.9. The Morgan fingerprint density at radius 1 is 0.917 bits per heavy atom. The summed E-state index contributed by atoms with van der Waals surface area (Å²) in [6.07, 6.45) is 0. The molecule has 4 aromatic rings. The first kappa shape index (κ1) is 14.7. The number of hydrogen-bond donors (Lipinski definition) is 0. The van der Waals surface area contributed by atoms with Crippen molar-refractivity contribution in [2.75, 3.05) is 0 Å². The molecular weight excluding hydrogens is 322 g/mol. The van der Waals surface area contributed by atoms with Crippen LogP contribution in [0.15, 0.2) is 77.2 Å². The number of rotatable bonds is 3. The molecule has 3 nitrogen and oxygen atoms in total. The lowest BCUT2D eigenvalue weighted by molar-refractivity contribution is 0.103. The van der Waals surface area contributed by atoms with Crippen LogP contribution in [0.3, 0.4) is 0 Å². The van der Waals surface area contributed by atoms with E-state index in [4.69, 9.17) is 16.0 Å². The van der Waals surface area contributed by atoms with Crippen molar-refractivity contribution in [3.05, 3.63) is 88.9 Å². The van der Waals surface area contributed by atoms with Crippen molar-refractivity contribution in [2.24, 2.45) is 0 Å². The molecule has 0 N–H and O–H groups in total. The molecule has 0 unspecified atom stereocenters. The van der Waals surface area contributed by atoms with Gasteiger partial charge in [0.15, 0.2) is 11.4 Å². The van der Waals surface area contributed by atoms with Gasteiger partial charge in [-0.25, -0.2) is 4.98 Å². The van der Waals surface area contributed by atoms with Crippen LogP contribution in [0.4, 0.5) is 0 Å². The number of nitrogens with zero attached hydrogens (tertiary/aromatic N) is 1. The molecule has 0 fully saturated rings. The van der Waals surface area contributed by atoms with E-state index >= 15 is 0 Å². The van der Waals surface area contributed by atoms with Crippen molar-refractivity contribution >= 4 is 28.5 Å². The number of para-hydroxylation sites is 2. The first-order valence-electron chi connectivity index (χ1n) is 7.47. The van der Waals surface area contributed by atoms with Gasteiger partial charge in [0.05, 0.1) is 0 Å². The second-order valence-corrected chi connectivity index (χ2v) is 5.81. The number of ketones is 1. The molecule has 0 amide bonds. The summed E-state index contributed by atoms with van der Waals surface area (Å²) in [5, 5.41) is 0.528. The Kier molecular flexibility index (Phi) is 3.63. The molecule has 4 heteroatoms. The summed E-state index contributed by atoms with van der Waals surface area (Å²) < 4.78 is 5.82. The molecule has 0 saturated carbocycles. The maximum absolute atomic E-state index is 12.9. The molecular formula is C20H12ClNO2. The number of benzene rings is 3. The van der Waals surface area contributed by atoms with Crippen molar-refractivity contribution in [1.82, 2.24) is 4.98 Å². The first-order chi connectivity index (χ1) is 11.7. The quantitative estimate of drug-likeness (QED) is 0.473. The van der Waals surface area contributed by atoms with E-state index in [1.165, 1.54) is 0 Å². The van der Waals surface area contributed by atoms with Crippen LogP contribution in [0.1, 0.15) is 15.9 Å². The van der Waals surface area contributed by atoms with Crippen molar-refractivity contribution in [2.45, 2.75) is 0 Å². The Hall–Kier alpha value is -2.91. The highest BCUT2D eigenvalue weighted by Crippen LogP contribution is 2.28. The first-order valence-corrected chi connectivity index (χ1v) is 7.85. The molecule has 24 heavy (non-hydrogen) atoms. The van der Waals surface area contributed by atoms with Gasteiger partial charge in [-0.05, 0) is 30.3 Å². The second-order valence-electron chi connectivity index (χ2n) is 5.37. The minimum absolute atomic E-state index is 0.115. The predicted octanol–water partition coefficient (Wildman–Crippen LogP) is 5.38. The van der Waals surface area contributed by atoms with Gasteiger partial charge in [0.2, 0.25) is 5.89 Å². The van der Waals surface area contributed by atoms with Gasteiger partial charge >= 0.3 is 0 Å². The van der Waals surface area contributed by atoms with Crippen LogP contribution >= 0.6 is 11.6 Å². The monoisotopic (exact) mass is 333 g/mol. The SMILES string of the molecule is O=C(c1cccc(Cl)c1)c1ccccc1-c1nc2ccccc2o1. The Balaban J connectivity index is 1.84. The zero-order valence-corrected chi connectivity index (χ0v) is 13.3. The van der Waals surface area contributed by atoms with Crippen LogP contribution in [0.25, 0.3) is 22.6 Å². The highest BCUT2D eigenvalue weighted by atomic mass is 35.5. The largest absolute Gasteiger partial charge is 0.436 e. The summed E-state index contributed by atoms with van der Waals surface area (Å²) >= 11 is 6.00. The molecule has 0 spiro atoms. The van der Waals surface area contributed by atoms with Gasteiger partial charge in [0, 0.05) is 21.7 Å². The van der Waals surface area contributed by atoms with E-state index < -0.39 is 0 Å². The highest BCUT2D eigenvalue weighted by molar-refractivity contribution is 6.31. The third kappa shape index (κ3) is 2.59. The molecule has 0 bridgehead atoms. The van der Waals surface area contributed by atoms with E-state index in [9.17, 15) is 4.79 Å². The van der Waals surface area contributed by atoms with Crippen LogP contribution in [0.2, 0.25) is 5.02 Å². The lowest BCUT2D eigenvalue weighted by Crippen LogP contribution is -2.03. The van der Waals surface area contributed by atoms with Crippen molar-refractivity contribution < 1.29 is 9.21 Å². The maximum Gasteiger partial charge on any atom is 0.228 e. The number of carbonyl (C=O) groups is 1. The smallest absolute Gasteiger partial charge is 0.228 e. The molecule has 0 radical (unpaired) electrons. The van der Waals surface area contributed by atoms with Gasteiger partial charge in [-0.1, -0.05) is 54.1 Å². The van der Waals surface area contributed by atoms with Crippen LogP contribution in [0, 0.1) is 0 Å². The zero-order valence-electron chi connectivity index (χ0n) is 12.6. The molecule has 0 aliphatic rings. The van der Waals surface area contributed by atoms with Gasteiger partial charge in [-0.2, -0.15) is 0 Å². The average Bonchev–Trinajstić information content (AvgIpc) is 3.05. The molecule has 3 aromatic carbocycles. The van der Waals surface area contributed by atoms with Crippen LogP contribution in [-0.2, 0) is 0 Å². The third-order valence-corrected chi connectivity index (χ3v) is 4.02. The number of halogens is 1. The number of fused-ring (bicyclic) bond motifs is 1. The number of oxazole rings is 1. The molecule has 0 atom stereocenters. The Morgan fingerprint density at radius 3 is 2.54 bits per heavy atom. The summed E-state index contributed by atoms with van der Waals surface area (Å²) in [4.78, 5) is 17.4. The molecule has 116 valence electrons. The van der Waals surface area contributed by atoms with Crippen molar-refractivity contribution in [3.8, 4) is 11.5 Å². The van der Waals surface area contributed by atoms with E-state index in [2.05, 4.69) is 4.98 Å². The number of aromatic nitrogens is 1. The minimum Gasteiger partial charge on any atom is -0.436 e. The zero-order chi connectivity index (χ0) is 16.5. The summed E-state index contributed by atoms with van der Waals surface area (Å²) in [6, 6.07) is 21.7. The van der Waals surface area contributed by atoms with E-state index in [-0.39, 0.29) is 5.78 Å². The molecule has 0 aliphatic carbocycles. The predicted molar refractivity (Wildman–Crippen MR) is 94.3 cm³/mol. The average molecular weight is 334 g/mol.